The lowest BCUT2D eigenvalue weighted by atomic mass is 10.2. The van der Waals surface area contributed by atoms with E-state index in [1.807, 2.05) is 30.3 Å². The first-order valence-corrected chi connectivity index (χ1v) is 14.6. The lowest BCUT2D eigenvalue weighted by molar-refractivity contribution is -0.114. The van der Waals surface area contributed by atoms with Crippen LogP contribution in [0.2, 0.25) is 0 Å². The number of para-hydroxylation sites is 1. The number of thioether (sulfide) groups is 1. The van der Waals surface area contributed by atoms with Gasteiger partial charge in [0.2, 0.25) is 5.91 Å². The van der Waals surface area contributed by atoms with Crippen molar-refractivity contribution >= 4 is 46.9 Å². The second-order valence-electron chi connectivity index (χ2n) is 9.65. The van der Waals surface area contributed by atoms with Crippen LogP contribution in [0.4, 0.5) is 11.4 Å². The molecule has 0 bridgehead atoms. The molecule has 5 aromatic rings. The largest absolute Gasteiger partial charge is 0.465 e. The fourth-order valence-corrected chi connectivity index (χ4v) is 5.11. The Morgan fingerprint density at radius 3 is 2.32 bits per heavy atom. The van der Waals surface area contributed by atoms with Crippen LogP contribution in [0.3, 0.4) is 0 Å². The van der Waals surface area contributed by atoms with Crippen LogP contribution in [-0.2, 0) is 16.6 Å². The third-order valence-corrected chi connectivity index (χ3v) is 7.63. The quantitative estimate of drug-likeness (QED) is 0.148. The summed E-state index contributed by atoms with van der Waals surface area (Å²) in [5.41, 5.74) is 2.06. The van der Waals surface area contributed by atoms with Crippen LogP contribution in [0.5, 0.6) is 0 Å². The average Bonchev–Trinajstić information content (AvgIpc) is 3.63. The lowest BCUT2D eigenvalue weighted by Gasteiger charge is -2.12. The molecule has 44 heavy (non-hydrogen) atoms. The molecule has 0 unspecified atom stereocenters. The summed E-state index contributed by atoms with van der Waals surface area (Å²) in [6.07, 6.45) is 2.91. The monoisotopic (exact) mass is 607 g/mol. The molecule has 0 aliphatic carbocycles. The third kappa shape index (κ3) is 7.08. The normalized spacial score (nSPS) is 11.2. The Kier molecular flexibility index (Phi) is 9.26. The van der Waals surface area contributed by atoms with E-state index in [4.69, 9.17) is 4.42 Å². The zero-order valence-corrected chi connectivity index (χ0v) is 24.8. The van der Waals surface area contributed by atoms with Crippen molar-refractivity contribution in [3.8, 4) is 5.69 Å². The van der Waals surface area contributed by atoms with Crippen molar-refractivity contribution in [1.82, 2.24) is 14.7 Å². The van der Waals surface area contributed by atoms with Gasteiger partial charge in [0, 0.05) is 29.3 Å². The number of anilines is 2. The summed E-state index contributed by atoms with van der Waals surface area (Å²) in [6, 6.07) is 28.0. The Balaban J connectivity index is 1.25. The van der Waals surface area contributed by atoms with Gasteiger partial charge in [0.15, 0.2) is 0 Å². The van der Waals surface area contributed by atoms with Crippen molar-refractivity contribution in [2.45, 2.75) is 11.8 Å². The van der Waals surface area contributed by atoms with Crippen LogP contribution in [-0.4, -0.2) is 32.8 Å². The first kappa shape index (κ1) is 29.9. The average molecular weight is 608 g/mol. The van der Waals surface area contributed by atoms with Gasteiger partial charge in [0.25, 0.3) is 17.4 Å². The predicted octanol–water partition coefficient (Wildman–Crippen LogP) is 5.22. The molecule has 0 saturated carbocycles. The number of amides is 3. The van der Waals surface area contributed by atoms with E-state index in [2.05, 4.69) is 16.0 Å². The summed E-state index contributed by atoms with van der Waals surface area (Å²) in [7, 11) is 1.76. The highest BCUT2D eigenvalue weighted by molar-refractivity contribution is 8.00. The molecule has 11 heteroatoms. The van der Waals surface area contributed by atoms with Gasteiger partial charge in [-0.2, -0.15) is 0 Å². The standard InChI is InChI=1S/C33H29N5O5S/c1-22-30(33(42)38(37(22)2)25-14-7-4-8-15-25)36-29(39)21-44-27-17-9-13-24(19-27)34-32(41)28(20-26-16-10-18-43-26)35-31(40)23-11-5-3-6-12-23/h3-20H,21H2,1-2H3,(H,34,41)(H,35,40)(H,36,39)/b28-20-. The minimum atomic E-state index is -0.556. The second-order valence-corrected chi connectivity index (χ2v) is 10.7. The maximum atomic E-state index is 13.2. The van der Waals surface area contributed by atoms with Crippen molar-refractivity contribution in [2.75, 3.05) is 16.4 Å². The molecule has 0 aliphatic rings. The highest BCUT2D eigenvalue weighted by Crippen LogP contribution is 2.23. The van der Waals surface area contributed by atoms with Gasteiger partial charge in [-0.25, -0.2) is 4.68 Å². The predicted molar refractivity (Wildman–Crippen MR) is 171 cm³/mol. The van der Waals surface area contributed by atoms with E-state index < -0.39 is 11.8 Å². The molecule has 2 aromatic heterocycles. The lowest BCUT2D eigenvalue weighted by Crippen LogP contribution is -2.30. The molecule has 0 fully saturated rings. The molecule has 3 amide bonds. The summed E-state index contributed by atoms with van der Waals surface area (Å²) >= 11 is 1.25. The summed E-state index contributed by atoms with van der Waals surface area (Å²) in [5, 5.41) is 8.21. The van der Waals surface area contributed by atoms with Gasteiger partial charge in [-0.3, -0.25) is 23.9 Å². The number of hydrogen-bond donors (Lipinski definition) is 3. The van der Waals surface area contributed by atoms with Crippen LogP contribution in [0, 0.1) is 6.92 Å². The number of aromatic nitrogens is 2. The van der Waals surface area contributed by atoms with Crippen molar-refractivity contribution in [1.29, 1.82) is 0 Å². The van der Waals surface area contributed by atoms with E-state index in [-0.39, 0.29) is 28.6 Å². The van der Waals surface area contributed by atoms with Gasteiger partial charge < -0.3 is 20.4 Å². The third-order valence-electron chi connectivity index (χ3n) is 6.64. The topological polar surface area (TPSA) is 127 Å². The molecule has 0 saturated heterocycles. The second kappa shape index (κ2) is 13.6. The Bertz CT molecular complexity index is 1880. The number of carbonyl (C=O) groups is 3. The highest BCUT2D eigenvalue weighted by Gasteiger charge is 2.19. The first-order chi connectivity index (χ1) is 21.3. The van der Waals surface area contributed by atoms with Gasteiger partial charge in [0.05, 0.1) is 23.4 Å². The summed E-state index contributed by atoms with van der Waals surface area (Å²) in [6.45, 7) is 1.77. The van der Waals surface area contributed by atoms with Crippen molar-refractivity contribution < 1.29 is 18.8 Å². The summed E-state index contributed by atoms with van der Waals surface area (Å²) in [5.74, 6) is -0.920. The maximum Gasteiger partial charge on any atom is 0.295 e. The molecule has 0 aliphatic heterocycles. The van der Waals surface area contributed by atoms with Crippen LogP contribution in [0.15, 0.2) is 123 Å². The number of carbonyl (C=O) groups excluding carboxylic acids is 3. The number of benzene rings is 3. The Morgan fingerprint density at radius 2 is 1.61 bits per heavy atom. The van der Waals surface area contributed by atoms with Gasteiger partial charge in [-0.1, -0.05) is 42.5 Å². The molecule has 3 aromatic carbocycles. The van der Waals surface area contributed by atoms with E-state index in [1.165, 1.54) is 28.8 Å². The van der Waals surface area contributed by atoms with Crippen molar-refractivity contribution in [3.05, 3.63) is 136 Å². The van der Waals surface area contributed by atoms with E-state index >= 15 is 0 Å². The van der Waals surface area contributed by atoms with Crippen LogP contribution >= 0.6 is 11.8 Å². The molecular formula is C33H29N5O5S. The van der Waals surface area contributed by atoms with Gasteiger partial charge in [-0.15, -0.1) is 11.8 Å². The number of nitrogens with zero attached hydrogens (tertiary/aromatic N) is 2. The molecule has 0 atom stereocenters. The maximum absolute atomic E-state index is 13.2. The van der Waals surface area contributed by atoms with Gasteiger partial charge >= 0.3 is 0 Å². The number of rotatable bonds is 10. The smallest absolute Gasteiger partial charge is 0.295 e. The van der Waals surface area contributed by atoms with Crippen LogP contribution in [0.1, 0.15) is 21.8 Å². The molecule has 222 valence electrons. The molecule has 0 spiro atoms. The van der Waals surface area contributed by atoms with E-state index in [0.29, 0.717) is 33.3 Å². The molecule has 10 nitrogen and oxygen atoms in total. The van der Waals surface area contributed by atoms with Crippen molar-refractivity contribution in [2.24, 2.45) is 7.05 Å². The zero-order valence-electron chi connectivity index (χ0n) is 23.9. The summed E-state index contributed by atoms with van der Waals surface area (Å²) < 4.78 is 8.54. The minimum Gasteiger partial charge on any atom is -0.465 e. The fourth-order valence-electron chi connectivity index (χ4n) is 4.36. The zero-order chi connectivity index (χ0) is 31.1. The van der Waals surface area contributed by atoms with E-state index in [9.17, 15) is 19.2 Å². The highest BCUT2D eigenvalue weighted by atomic mass is 32.2. The molecule has 2 heterocycles. The Labute approximate surface area is 257 Å². The SMILES string of the molecule is Cc1c(NC(=O)CSc2cccc(NC(=O)/C(=C/c3ccco3)NC(=O)c3ccccc3)c2)c(=O)n(-c2ccccc2)n1C. The number of furan rings is 1. The van der Waals surface area contributed by atoms with Crippen LogP contribution < -0.4 is 21.5 Å². The molecule has 3 N–H and O–H groups in total. The molecule has 0 radical (unpaired) electrons. The number of nitrogens with one attached hydrogen (secondary N) is 3. The van der Waals surface area contributed by atoms with Gasteiger partial charge in [-0.05, 0) is 61.5 Å². The summed E-state index contributed by atoms with van der Waals surface area (Å²) in [4.78, 5) is 52.7. The van der Waals surface area contributed by atoms with E-state index in [1.54, 1.807) is 85.4 Å². The Hall–Kier alpha value is -5.55. The van der Waals surface area contributed by atoms with E-state index in [0.717, 1.165) is 0 Å². The molecular weight excluding hydrogens is 578 g/mol. The minimum absolute atomic E-state index is 0.00868. The number of hydrogen-bond acceptors (Lipinski definition) is 6. The van der Waals surface area contributed by atoms with Crippen molar-refractivity contribution in [3.63, 3.8) is 0 Å². The molecule has 5 rings (SSSR count). The van der Waals surface area contributed by atoms with Crippen LogP contribution in [0.25, 0.3) is 11.8 Å². The Morgan fingerprint density at radius 1 is 0.886 bits per heavy atom. The fraction of sp³-hybridized carbons (Fsp3) is 0.0909. The van der Waals surface area contributed by atoms with Gasteiger partial charge in [0.1, 0.15) is 17.1 Å². The first-order valence-electron chi connectivity index (χ1n) is 13.6.